The van der Waals surface area contributed by atoms with Gasteiger partial charge in [-0.3, -0.25) is 14.7 Å². The Morgan fingerprint density at radius 1 is 1.06 bits per heavy atom. The molecule has 4 rings (SSSR count). The first-order valence-electron chi connectivity index (χ1n) is 9.88. The number of benzene rings is 2. The first-order chi connectivity index (χ1) is 15.7. The summed E-state index contributed by atoms with van der Waals surface area (Å²) in [6.45, 7) is 3.21. The molecule has 0 saturated carbocycles. The van der Waals surface area contributed by atoms with Crippen molar-refractivity contribution in [3.05, 3.63) is 76.0 Å². The van der Waals surface area contributed by atoms with Crippen LogP contribution in [0, 0.1) is 13.8 Å². The van der Waals surface area contributed by atoms with Crippen molar-refractivity contribution in [3.8, 4) is 0 Å². The lowest BCUT2D eigenvalue weighted by atomic mass is 10.2. The van der Waals surface area contributed by atoms with Gasteiger partial charge in [-0.15, -0.1) is 5.10 Å². The second kappa shape index (κ2) is 8.92. The number of aryl methyl sites for hydroxylation is 2. The number of aromatic nitrogens is 4. The normalized spacial score (nSPS) is 11.6. The van der Waals surface area contributed by atoms with Gasteiger partial charge in [0.15, 0.2) is 5.58 Å². The van der Waals surface area contributed by atoms with E-state index in [2.05, 4.69) is 25.2 Å². The Labute approximate surface area is 188 Å². The maximum atomic E-state index is 12.7. The number of amides is 1. The average molecular weight is 468 g/mol. The number of hydrogen-bond acceptors (Lipinski definition) is 8. The van der Waals surface area contributed by atoms with Crippen molar-refractivity contribution in [3.63, 3.8) is 0 Å². The third-order valence-electron chi connectivity index (χ3n) is 4.90. The number of nitrogens with one attached hydrogen (secondary N) is 2. The molecule has 0 aliphatic rings. The van der Waals surface area contributed by atoms with E-state index >= 15 is 0 Å². The highest BCUT2D eigenvalue weighted by molar-refractivity contribution is 7.89. The van der Waals surface area contributed by atoms with Crippen LogP contribution in [0.3, 0.4) is 0 Å². The zero-order valence-corrected chi connectivity index (χ0v) is 18.6. The van der Waals surface area contributed by atoms with E-state index in [-0.39, 0.29) is 35.0 Å². The molecule has 0 radical (unpaired) electrons. The number of fused-ring (bicyclic) bond motifs is 1. The number of hydrogen-bond donors (Lipinski definition) is 2. The van der Waals surface area contributed by atoms with Crippen molar-refractivity contribution in [2.75, 3.05) is 5.32 Å². The summed E-state index contributed by atoms with van der Waals surface area (Å²) in [5.74, 6) is -1.35. The Morgan fingerprint density at radius 2 is 1.82 bits per heavy atom. The fourth-order valence-electron chi connectivity index (χ4n) is 3.04. The van der Waals surface area contributed by atoms with Crippen LogP contribution in [0.5, 0.6) is 0 Å². The van der Waals surface area contributed by atoms with Crippen LogP contribution in [0.25, 0.3) is 11.1 Å². The summed E-state index contributed by atoms with van der Waals surface area (Å²) in [4.78, 5) is 28.7. The lowest BCUT2D eigenvalue weighted by molar-refractivity contribution is -0.116. The van der Waals surface area contributed by atoms with Gasteiger partial charge in [0.05, 0.1) is 21.8 Å². The highest BCUT2D eigenvalue weighted by Gasteiger charge is 2.19. The van der Waals surface area contributed by atoms with Crippen LogP contribution in [-0.2, 0) is 27.9 Å². The van der Waals surface area contributed by atoms with Crippen LogP contribution in [-0.4, -0.2) is 34.1 Å². The molecular formula is C21H20N6O5S. The lowest BCUT2D eigenvalue weighted by Gasteiger charge is -2.07. The van der Waals surface area contributed by atoms with Gasteiger partial charge in [0.25, 0.3) is 0 Å². The minimum atomic E-state index is -3.85. The molecule has 0 saturated heterocycles. The third-order valence-corrected chi connectivity index (χ3v) is 6.30. The van der Waals surface area contributed by atoms with Crippen LogP contribution in [0.2, 0.25) is 0 Å². The quantitative estimate of drug-likeness (QED) is 0.415. The van der Waals surface area contributed by atoms with Crippen molar-refractivity contribution in [1.29, 1.82) is 0 Å². The van der Waals surface area contributed by atoms with Crippen molar-refractivity contribution in [2.45, 2.75) is 31.8 Å². The summed E-state index contributed by atoms with van der Waals surface area (Å²) in [6.07, 6.45) is 0. The molecule has 2 heterocycles. The van der Waals surface area contributed by atoms with Gasteiger partial charge in [0, 0.05) is 12.6 Å². The number of sulfonamides is 1. The van der Waals surface area contributed by atoms with Crippen LogP contribution >= 0.6 is 0 Å². The molecule has 2 N–H and O–H groups in total. The maximum Gasteiger partial charge on any atom is 0.420 e. The van der Waals surface area contributed by atoms with Crippen LogP contribution in [0.15, 0.2) is 62.6 Å². The molecule has 11 nitrogen and oxygen atoms in total. The third kappa shape index (κ3) is 4.96. The average Bonchev–Trinajstić information content (AvgIpc) is 3.10. The summed E-state index contributed by atoms with van der Waals surface area (Å²) >= 11 is 0. The molecular weight excluding hydrogens is 448 g/mol. The van der Waals surface area contributed by atoms with Crippen LogP contribution in [0.1, 0.15) is 17.0 Å². The largest absolute Gasteiger partial charge is 0.420 e. The van der Waals surface area contributed by atoms with E-state index in [9.17, 15) is 18.0 Å². The second-order valence-electron chi connectivity index (χ2n) is 7.25. The number of carbonyl (C=O) groups is 1. The maximum absolute atomic E-state index is 12.7. The molecule has 0 fully saturated rings. The molecule has 0 aliphatic carbocycles. The van der Waals surface area contributed by atoms with E-state index in [1.807, 2.05) is 18.2 Å². The van der Waals surface area contributed by atoms with E-state index in [1.54, 1.807) is 26.0 Å². The van der Waals surface area contributed by atoms with Crippen molar-refractivity contribution in [1.82, 2.24) is 24.5 Å². The van der Waals surface area contributed by atoms with Gasteiger partial charge in [-0.2, -0.15) is 5.10 Å². The van der Waals surface area contributed by atoms with Gasteiger partial charge in [0.1, 0.15) is 6.54 Å². The number of oxazole rings is 1. The Morgan fingerprint density at radius 3 is 2.55 bits per heavy atom. The summed E-state index contributed by atoms with van der Waals surface area (Å²) in [5.41, 5.74) is 2.36. The van der Waals surface area contributed by atoms with E-state index in [4.69, 9.17) is 4.42 Å². The van der Waals surface area contributed by atoms with Gasteiger partial charge in [-0.1, -0.05) is 30.3 Å². The molecule has 4 aromatic rings. The summed E-state index contributed by atoms with van der Waals surface area (Å²) in [6, 6.07) is 13.1. The zero-order chi connectivity index (χ0) is 23.6. The molecule has 170 valence electrons. The molecule has 0 spiro atoms. The molecule has 0 unspecified atom stereocenters. The smallest absolute Gasteiger partial charge is 0.408 e. The molecule has 0 aliphatic heterocycles. The molecule has 33 heavy (non-hydrogen) atoms. The van der Waals surface area contributed by atoms with Crippen molar-refractivity contribution < 1.29 is 17.6 Å². The van der Waals surface area contributed by atoms with Crippen LogP contribution in [0.4, 0.5) is 5.95 Å². The molecule has 12 heteroatoms. The molecule has 0 bridgehead atoms. The van der Waals surface area contributed by atoms with Gasteiger partial charge in [-0.05, 0) is 31.5 Å². The minimum absolute atomic E-state index is 0.0156. The number of anilines is 1. The highest BCUT2D eigenvalue weighted by atomic mass is 32.2. The highest BCUT2D eigenvalue weighted by Crippen LogP contribution is 2.19. The topological polar surface area (TPSA) is 149 Å². The van der Waals surface area contributed by atoms with Gasteiger partial charge in [-0.25, -0.2) is 22.9 Å². The van der Waals surface area contributed by atoms with Gasteiger partial charge < -0.3 is 4.42 Å². The monoisotopic (exact) mass is 468 g/mol. The zero-order valence-electron chi connectivity index (χ0n) is 17.8. The Kier molecular flexibility index (Phi) is 6.03. The number of nitrogens with zero attached hydrogens (tertiary/aromatic N) is 4. The SMILES string of the molecule is Cc1nnc(NC(=O)Cn2c(=O)oc3cc(S(=O)(=O)NCc4ccccc4)ccc32)nc1C. The lowest BCUT2D eigenvalue weighted by Crippen LogP contribution is -2.26. The van der Waals surface area contributed by atoms with E-state index in [0.29, 0.717) is 11.4 Å². The van der Waals surface area contributed by atoms with Crippen molar-refractivity contribution in [2.24, 2.45) is 0 Å². The predicted octanol–water partition coefficient (Wildman–Crippen LogP) is 1.51. The number of rotatable bonds is 7. The van der Waals surface area contributed by atoms with E-state index < -0.39 is 21.7 Å². The molecule has 0 atom stereocenters. The first kappa shape index (κ1) is 22.3. The molecule has 2 aromatic carbocycles. The predicted molar refractivity (Wildman–Crippen MR) is 119 cm³/mol. The van der Waals surface area contributed by atoms with Gasteiger partial charge in [0.2, 0.25) is 21.9 Å². The second-order valence-corrected chi connectivity index (χ2v) is 9.02. The standard InChI is InChI=1S/C21H20N6O5S/c1-13-14(2)25-26-20(23-13)24-19(28)12-27-17-9-8-16(10-18(17)32-21(27)29)33(30,31)22-11-15-6-4-3-5-7-15/h3-10,22H,11-12H2,1-2H3,(H,23,24,26,28). The Hall–Kier alpha value is -3.90. The van der Waals surface area contributed by atoms with Crippen LogP contribution < -0.4 is 15.8 Å². The Balaban J connectivity index is 1.52. The first-order valence-corrected chi connectivity index (χ1v) is 11.4. The molecule has 2 aromatic heterocycles. The van der Waals surface area contributed by atoms with E-state index in [0.717, 1.165) is 10.1 Å². The summed E-state index contributed by atoms with van der Waals surface area (Å²) < 4.78 is 34.1. The summed E-state index contributed by atoms with van der Waals surface area (Å²) in [7, 11) is -3.85. The minimum Gasteiger partial charge on any atom is -0.408 e. The van der Waals surface area contributed by atoms with Gasteiger partial charge >= 0.3 is 5.76 Å². The number of carbonyl (C=O) groups excluding carboxylic acids is 1. The van der Waals surface area contributed by atoms with Crippen molar-refractivity contribution >= 4 is 33.0 Å². The summed E-state index contributed by atoms with van der Waals surface area (Å²) in [5, 5.41) is 10.2. The fraction of sp³-hybridized carbons (Fsp3) is 0.190. The molecule has 1 amide bonds. The van der Waals surface area contributed by atoms with E-state index in [1.165, 1.54) is 18.2 Å². The fourth-order valence-corrected chi connectivity index (χ4v) is 4.07. The Bertz CT molecular complexity index is 1490.